The summed E-state index contributed by atoms with van der Waals surface area (Å²) in [4.78, 5) is 14.2. The fourth-order valence-electron chi connectivity index (χ4n) is 2.75. The van der Waals surface area contributed by atoms with Gasteiger partial charge in [0.25, 0.3) is 0 Å². The van der Waals surface area contributed by atoms with Gasteiger partial charge in [0.1, 0.15) is 0 Å². The fraction of sp³-hybridized carbons (Fsp3) is 0.929. The first-order chi connectivity index (χ1) is 8.60. The van der Waals surface area contributed by atoms with Gasteiger partial charge in [-0.25, -0.2) is 0 Å². The molecule has 1 aliphatic rings. The zero-order valence-corrected chi connectivity index (χ0v) is 12.0. The lowest BCUT2D eigenvalue weighted by atomic mass is 9.86. The number of aliphatic hydroxyl groups excluding tert-OH is 1. The van der Waals surface area contributed by atoms with E-state index >= 15 is 0 Å². The van der Waals surface area contributed by atoms with Crippen LogP contribution in [-0.2, 0) is 4.79 Å². The molecule has 0 aromatic rings. The molecule has 1 rings (SSSR count). The largest absolute Gasteiger partial charge is 0.395 e. The van der Waals surface area contributed by atoms with E-state index in [1.807, 2.05) is 18.7 Å². The predicted molar refractivity (Wildman–Crippen MR) is 73.4 cm³/mol. The number of nitrogens with zero attached hydrogens (tertiary/aromatic N) is 1. The molecule has 1 aliphatic carbocycles. The molecule has 0 radical (unpaired) electrons. The molecule has 1 fully saturated rings. The number of hydrogen-bond donors (Lipinski definition) is 2. The maximum atomic E-state index is 12.2. The highest BCUT2D eigenvalue weighted by Gasteiger charge is 2.26. The van der Waals surface area contributed by atoms with Crippen molar-refractivity contribution < 1.29 is 9.90 Å². The summed E-state index contributed by atoms with van der Waals surface area (Å²) >= 11 is 0. The lowest BCUT2D eigenvalue weighted by Crippen LogP contribution is -2.51. The zero-order valence-electron chi connectivity index (χ0n) is 12.0. The molecule has 4 nitrogen and oxygen atoms in total. The van der Waals surface area contributed by atoms with Crippen LogP contribution in [0.15, 0.2) is 0 Å². The van der Waals surface area contributed by atoms with E-state index in [2.05, 4.69) is 12.2 Å². The smallest absolute Gasteiger partial charge is 0.237 e. The van der Waals surface area contributed by atoms with Gasteiger partial charge in [-0.05, 0) is 32.2 Å². The van der Waals surface area contributed by atoms with Crippen LogP contribution in [0.25, 0.3) is 0 Å². The average Bonchev–Trinajstić information content (AvgIpc) is 2.37. The Morgan fingerprint density at radius 1 is 1.44 bits per heavy atom. The van der Waals surface area contributed by atoms with Crippen LogP contribution in [0.1, 0.15) is 46.5 Å². The minimum atomic E-state index is -0.156. The molecule has 0 bridgehead atoms. The van der Waals surface area contributed by atoms with E-state index in [-0.39, 0.29) is 18.6 Å². The van der Waals surface area contributed by atoms with Gasteiger partial charge < -0.3 is 10.4 Å². The molecule has 0 aliphatic heterocycles. The summed E-state index contributed by atoms with van der Waals surface area (Å²) in [7, 11) is 0. The molecule has 2 N–H and O–H groups in total. The van der Waals surface area contributed by atoms with Gasteiger partial charge in [-0.2, -0.15) is 0 Å². The number of aliphatic hydroxyl groups is 1. The van der Waals surface area contributed by atoms with Crippen LogP contribution in [0, 0.1) is 5.92 Å². The molecular weight excluding hydrogens is 228 g/mol. The van der Waals surface area contributed by atoms with Crippen molar-refractivity contribution in [2.75, 3.05) is 19.7 Å². The van der Waals surface area contributed by atoms with Crippen molar-refractivity contribution in [1.82, 2.24) is 10.2 Å². The van der Waals surface area contributed by atoms with Gasteiger partial charge in [0.05, 0.1) is 12.6 Å². The Morgan fingerprint density at radius 3 is 2.67 bits per heavy atom. The van der Waals surface area contributed by atoms with E-state index in [4.69, 9.17) is 5.11 Å². The van der Waals surface area contributed by atoms with E-state index in [1.54, 1.807) is 0 Å². The molecular formula is C14H28N2O2. The van der Waals surface area contributed by atoms with Crippen LogP contribution in [-0.4, -0.2) is 47.7 Å². The number of rotatable bonds is 6. The van der Waals surface area contributed by atoms with Crippen LogP contribution in [0.4, 0.5) is 0 Å². The highest BCUT2D eigenvalue weighted by molar-refractivity contribution is 5.81. The van der Waals surface area contributed by atoms with Crippen molar-refractivity contribution in [2.24, 2.45) is 5.92 Å². The number of amides is 1. The maximum Gasteiger partial charge on any atom is 0.237 e. The first-order valence-electron chi connectivity index (χ1n) is 7.25. The van der Waals surface area contributed by atoms with Crippen molar-refractivity contribution in [3.8, 4) is 0 Å². The van der Waals surface area contributed by atoms with Crippen LogP contribution in [0.5, 0.6) is 0 Å². The number of carbonyl (C=O) groups is 1. The molecule has 106 valence electrons. The first kappa shape index (κ1) is 15.4. The van der Waals surface area contributed by atoms with E-state index in [0.29, 0.717) is 18.5 Å². The monoisotopic (exact) mass is 256 g/mol. The topological polar surface area (TPSA) is 52.6 Å². The average molecular weight is 256 g/mol. The molecule has 18 heavy (non-hydrogen) atoms. The first-order valence-corrected chi connectivity index (χ1v) is 7.25. The Balaban J connectivity index is 2.47. The Hall–Kier alpha value is -0.610. The van der Waals surface area contributed by atoms with Crippen LogP contribution >= 0.6 is 0 Å². The Morgan fingerprint density at radius 2 is 2.11 bits per heavy atom. The third kappa shape index (κ3) is 4.25. The Kier molecular flexibility index (Phi) is 6.65. The minimum absolute atomic E-state index is 0.101. The molecule has 1 amide bonds. The van der Waals surface area contributed by atoms with Crippen LogP contribution in [0.3, 0.4) is 0 Å². The van der Waals surface area contributed by atoms with Gasteiger partial charge in [0, 0.05) is 12.6 Å². The summed E-state index contributed by atoms with van der Waals surface area (Å²) in [5.74, 6) is 0.687. The second kappa shape index (κ2) is 7.74. The number of hydrogen-bond acceptors (Lipinski definition) is 3. The summed E-state index contributed by atoms with van der Waals surface area (Å²) < 4.78 is 0. The van der Waals surface area contributed by atoms with Gasteiger partial charge in [-0.3, -0.25) is 9.69 Å². The lowest BCUT2D eigenvalue weighted by Gasteiger charge is -2.32. The third-order valence-electron chi connectivity index (χ3n) is 4.16. The van der Waals surface area contributed by atoms with E-state index in [1.165, 1.54) is 19.3 Å². The van der Waals surface area contributed by atoms with E-state index < -0.39 is 0 Å². The van der Waals surface area contributed by atoms with Gasteiger partial charge in [0.15, 0.2) is 0 Å². The summed E-state index contributed by atoms with van der Waals surface area (Å²) in [6, 6.07) is 0.179. The maximum absolute atomic E-state index is 12.2. The fourth-order valence-corrected chi connectivity index (χ4v) is 2.75. The number of likely N-dealkylation sites (N-methyl/N-ethyl adjacent to an activating group) is 1. The van der Waals surface area contributed by atoms with Crippen molar-refractivity contribution in [2.45, 2.75) is 58.5 Å². The van der Waals surface area contributed by atoms with Gasteiger partial charge in [-0.15, -0.1) is 0 Å². The third-order valence-corrected chi connectivity index (χ3v) is 4.16. The lowest BCUT2D eigenvalue weighted by molar-refractivity contribution is -0.127. The molecule has 0 spiro atoms. The standard InChI is InChI=1S/C14H28N2O2/c1-4-16(9-10-17)12(3)14(18)15-13-8-6-5-7-11(13)2/h11-13,17H,4-10H2,1-3H3,(H,15,18). The second-order valence-electron chi connectivity index (χ2n) is 5.40. The summed E-state index contributed by atoms with van der Waals surface area (Å²) in [6.07, 6.45) is 4.83. The Labute approximate surface area is 111 Å². The Bertz CT molecular complexity index is 258. The molecule has 0 aromatic heterocycles. The predicted octanol–water partition coefficient (Wildman–Crippen LogP) is 1.38. The van der Waals surface area contributed by atoms with Gasteiger partial charge >= 0.3 is 0 Å². The highest BCUT2D eigenvalue weighted by atomic mass is 16.3. The van der Waals surface area contributed by atoms with Gasteiger partial charge in [0.2, 0.25) is 5.91 Å². The number of nitrogens with one attached hydrogen (secondary N) is 1. The quantitative estimate of drug-likeness (QED) is 0.755. The summed E-state index contributed by atoms with van der Waals surface area (Å²) in [6.45, 7) is 7.61. The van der Waals surface area contributed by atoms with Crippen LogP contribution < -0.4 is 5.32 Å². The molecule has 0 heterocycles. The van der Waals surface area contributed by atoms with Crippen molar-refractivity contribution in [3.63, 3.8) is 0 Å². The summed E-state index contributed by atoms with van der Waals surface area (Å²) in [5.41, 5.74) is 0. The zero-order chi connectivity index (χ0) is 13.5. The van der Waals surface area contributed by atoms with E-state index in [9.17, 15) is 4.79 Å². The summed E-state index contributed by atoms with van der Waals surface area (Å²) in [5, 5.41) is 12.2. The molecule has 0 aromatic carbocycles. The number of carbonyl (C=O) groups excluding carboxylic acids is 1. The van der Waals surface area contributed by atoms with E-state index in [0.717, 1.165) is 13.0 Å². The van der Waals surface area contributed by atoms with Crippen molar-refractivity contribution >= 4 is 5.91 Å². The molecule has 1 saturated carbocycles. The molecule has 4 heteroatoms. The molecule has 0 saturated heterocycles. The van der Waals surface area contributed by atoms with Crippen molar-refractivity contribution in [1.29, 1.82) is 0 Å². The SMILES string of the molecule is CCN(CCO)C(C)C(=O)NC1CCCCC1C. The minimum Gasteiger partial charge on any atom is -0.395 e. The van der Waals surface area contributed by atoms with Crippen LogP contribution in [0.2, 0.25) is 0 Å². The highest BCUT2D eigenvalue weighted by Crippen LogP contribution is 2.23. The molecule has 3 atom stereocenters. The molecule has 3 unspecified atom stereocenters. The normalized spacial score (nSPS) is 26.1. The van der Waals surface area contributed by atoms with Gasteiger partial charge in [-0.1, -0.05) is 26.7 Å². The second-order valence-corrected chi connectivity index (χ2v) is 5.40. The van der Waals surface area contributed by atoms with Crippen molar-refractivity contribution in [3.05, 3.63) is 0 Å².